The number of carbonyl (C=O) groups is 1. The summed E-state index contributed by atoms with van der Waals surface area (Å²) in [6, 6.07) is 3.84. The van der Waals surface area contributed by atoms with Gasteiger partial charge >= 0.3 is 0 Å². The highest BCUT2D eigenvalue weighted by atomic mass is 16.5. The van der Waals surface area contributed by atoms with Gasteiger partial charge in [-0.25, -0.2) is 0 Å². The van der Waals surface area contributed by atoms with Crippen LogP contribution in [-0.2, 0) is 17.8 Å². The largest absolute Gasteiger partial charge is 0.339 e. The van der Waals surface area contributed by atoms with Gasteiger partial charge in [0.15, 0.2) is 5.82 Å². The summed E-state index contributed by atoms with van der Waals surface area (Å²) in [6.45, 7) is 3.31. The number of pyridine rings is 1. The summed E-state index contributed by atoms with van der Waals surface area (Å²) in [4.78, 5) is 22.9. The van der Waals surface area contributed by atoms with Crippen LogP contribution < -0.4 is 0 Å². The standard InChI is InChI=1S/C19H21N7O2/c1-12-10-25(11-15-22-23-19(26(12)15)14-2-3-14)17(27)5-4-16-21-18(24-28-16)13-6-8-20-9-7-13/h6-9,12,14H,2-5,10-11H2,1H3/t12-/m0/s1. The highest BCUT2D eigenvalue weighted by Gasteiger charge is 2.35. The monoisotopic (exact) mass is 379 g/mol. The first kappa shape index (κ1) is 17.0. The molecule has 1 aliphatic carbocycles. The van der Waals surface area contributed by atoms with Crippen LogP contribution >= 0.6 is 0 Å². The molecule has 3 aromatic rings. The van der Waals surface area contributed by atoms with E-state index in [1.165, 1.54) is 12.8 Å². The van der Waals surface area contributed by atoms with E-state index in [1.54, 1.807) is 12.4 Å². The SMILES string of the molecule is C[C@H]1CN(C(=O)CCc2nc(-c3ccncc3)no2)Cc2nnc(C3CC3)n21. The molecule has 0 aromatic carbocycles. The number of hydrogen-bond acceptors (Lipinski definition) is 7. The van der Waals surface area contributed by atoms with Crippen LogP contribution in [0.5, 0.6) is 0 Å². The average molecular weight is 379 g/mol. The second-order valence-corrected chi connectivity index (χ2v) is 7.49. The van der Waals surface area contributed by atoms with Crippen LogP contribution in [0.15, 0.2) is 29.0 Å². The lowest BCUT2D eigenvalue weighted by Crippen LogP contribution is -2.40. The van der Waals surface area contributed by atoms with Crippen molar-refractivity contribution < 1.29 is 9.32 Å². The molecule has 3 aromatic heterocycles. The van der Waals surface area contributed by atoms with Crippen molar-refractivity contribution in [2.75, 3.05) is 6.54 Å². The lowest BCUT2D eigenvalue weighted by molar-refractivity contribution is -0.133. The normalized spacial score (nSPS) is 18.9. The second-order valence-electron chi connectivity index (χ2n) is 7.49. The van der Waals surface area contributed by atoms with Gasteiger partial charge in [-0.15, -0.1) is 10.2 Å². The first-order valence-electron chi connectivity index (χ1n) is 9.63. The van der Waals surface area contributed by atoms with E-state index in [-0.39, 0.29) is 11.9 Å². The predicted molar refractivity (Wildman–Crippen MR) is 98.0 cm³/mol. The van der Waals surface area contributed by atoms with Gasteiger partial charge in [0.1, 0.15) is 5.82 Å². The predicted octanol–water partition coefficient (Wildman–Crippen LogP) is 2.14. The zero-order valence-electron chi connectivity index (χ0n) is 15.7. The van der Waals surface area contributed by atoms with Gasteiger partial charge in [-0.1, -0.05) is 5.16 Å². The average Bonchev–Trinajstić information content (AvgIpc) is 3.29. The molecule has 9 heteroatoms. The maximum Gasteiger partial charge on any atom is 0.227 e. The molecular formula is C19H21N7O2. The molecule has 2 aliphatic rings. The van der Waals surface area contributed by atoms with Gasteiger partial charge in [-0.05, 0) is 31.9 Å². The van der Waals surface area contributed by atoms with Gasteiger partial charge in [0, 0.05) is 43.3 Å². The van der Waals surface area contributed by atoms with Crippen molar-refractivity contribution in [3.8, 4) is 11.4 Å². The molecule has 0 saturated heterocycles. The van der Waals surface area contributed by atoms with Crippen LogP contribution in [0.1, 0.15) is 55.7 Å². The summed E-state index contributed by atoms with van der Waals surface area (Å²) in [5.41, 5.74) is 0.840. The summed E-state index contributed by atoms with van der Waals surface area (Å²) in [5.74, 6) is 3.56. The minimum atomic E-state index is 0.0673. The van der Waals surface area contributed by atoms with Crippen LogP contribution in [-0.4, -0.2) is 47.2 Å². The molecule has 1 fully saturated rings. The Morgan fingerprint density at radius 3 is 2.86 bits per heavy atom. The van der Waals surface area contributed by atoms with Crippen molar-refractivity contribution in [1.29, 1.82) is 0 Å². The Labute approximate surface area is 161 Å². The number of amides is 1. The van der Waals surface area contributed by atoms with E-state index in [4.69, 9.17) is 4.52 Å². The fraction of sp³-hybridized carbons (Fsp3) is 0.474. The zero-order valence-corrected chi connectivity index (χ0v) is 15.7. The molecule has 144 valence electrons. The van der Waals surface area contributed by atoms with Crippen molar-refractivity contribution in [2.45, 2.75) is 51.1 Å². The van der Waals surface area contributed by atoms with Gasteiger partial charge in [0.25, 0.3) is 0 Å². The van der Waals surface area contributed by atoms with Crippen molar-refractivity contribution in [3.05, 3.63) is 42.1 Å². The summed E-state index contributed by atoms with van der Waals surface area (Å²) in [5, 5.41) is 12.7. The van der Waals surface area contributed by atoms with E-state index in [1.807, 2.05) is 17.0 Å². The van der Waals surface area contributed by atoms with Crippen molar-refractivity contribution in [1.82, 2.24) is 34.8 Å². The molecule has 4 heterocycles. The van der Waals surface area contributed by atoms with Gasteiger partial charge in [-0.3, -0.25) is 9.78 Å². The van der Waals surface area contributed by atoms with Crippen LogP contribution in [0, 0.1) is 0 Å². The Morgan fingerprint density at radius 2 is 2.07 bits per heavy atom. The smallest absolute Gasteiger partial charge is 0.227 e. The molecule has 1 saturated carbocycles. The summed E-state index contributed by atoms with van der Waals surface area (Å²) in [7, 11) is 0. The third-order valence-corrected chi connectivity index (χ3v) is 5.30. The van der Waals surface area contributed by atoms with E-state index in [2.05, 4.69) is 36.8 Å². The number of nitrogens with zero attached hydrogens (tertiary/aromatic N) is 7. The Morgan fingerprint density at radius 1 is 1.25 bits per heavy atom. The first-order valence-corrected chi connectivity index (χ1v) is 9.63. The third-order valence-electron chi connectivity index (χ3n) is 5.30. The van der Waals surface area contributed by atoms with Gasteiger partial charge in [0.05, 0.1) is 12.6 Å². The number of hydrogen-bond donors (Lipinski definition) is 0. The third kappa shape index (κ3) is 3.17. The quantitative estimate of drug-likeness (QED) is 0.669. The van der Waals surface area contributed by atoms with Crippen LogP contribution in [0.2, 0.25) is 0 Å². The van der Waals surface area contributed by atoms with Crippen molar-refractivity contribution in [2.24, 2.45) is 0 Å². The van der Waals surface area contributed by atoms with Gasteiger partial charge in [-0.2, -0.15) is 4.98 Å². The van der Waals surface area contributed by atoms with Gasteiger partial charge < -0.3 is 14.0 Å². The lowest BCUT2D eigenvalue weighted by Gasteiger charge is -2.32. The van der Waals surface area contributed by atoms with Crippen LogP contribution in [0.3, 0.4) is 0 Å². The molecular weight excluding hydrogens is 358 g/mol. The van der Waals surface area contributed by atoms with E-state index in [9.17, 15) is 4.79 Å². The highest BCUT2D eigenvalue weighted by Crippen LogP contribution is 2.41. The molecule has 5 rings (SSSR count). The molecule has 1 aliphatic heterocycles. The summed E-state index contributed by atoms with van der Waals surface area (Å²) in [6.07, 6.45) is 6.49. The molecule has 0 unspecified atom stereocenters. The summed E-state index contributed by atoms with van der Waals surface area (Å²) < 4.78 is 7.51. The molecule has 1 amide bonds. The maximum atomic E-state index is 12.7. The maximum absolute atomic E-state index is 12.7. The number of carbonyl (C=O) groups excluding carboxylic acids is 1. The minimum Gasteiger partial charge on any atom is -0.339 e. The van der Waals surface area contributed by atoms with Gasteiger partial charge in [0.2, 0.25) is 17.6 Å². The van der Waals surface area contributed by atoms with Crippen molar-refractivity contribution in [3.63, 3.8) is 0 Å². The topological polar surface area (TPSA) is 103 Å². The van der Waals surface area contributed by atoms with E-state index in [0.29, 0.717) is 43.6 Å². The van der Waals surface area contributed by atoms with Crippen LogP contribution in [0.4, 0.5) is 0 Å². The fourth-order valence-electron chi connectivity index (χ4n) is 3.72. The molecule has 0 N–H and O–H groups in total. The molecule has 0 radical (unpaired) electrons. The Hall–Kier alpha value is -3.10. The fourth-order valence-corrected chi connectivity index (χ4v) is 3.72. The number of aromatic nitrogens is 6. The number of fused-ring (bicyclic) bond motifs is 1. The highest BCUT2D eigenvalue weighted by molar-refractivity contribution is 5.76. The Kier molecular flexibility index (Phi) is 4.14. The number of aryl methyl sites for hydroxylation is 1. The van der Waals surface area contributed by atoms with E-state index >= 15 is 0 Å². The lowest BCUT2D eigenvalue weighted by atomic mass is 10.2. The first-order chi connectivity index (χ1) is 13.7. The minimum absolute atomic E-state index is 0.0673. The zero-order chi connectivity index (χ0) is 19.1. The number of rotatable bonds is 5. The second kappa shape index (κ2) is 6.81. The van der Waals surface area contributed by atoms with E-state index < -0.39 is 0 Å². The molecule has 9 nitrogen and oxygen atoms in total. The Balaban J connectivity index is 1.22. The molecule has 0 spiro atoms. The molecule has 1 atom stereocenters. The van der Waals surface area contributed by atoms with Crippen molar-refractivity contribution >= 4 is 5.91 Å². The Bertz CT molecular complexity index is 993. The summed E-state index contributed by atoms with van der Waals surface area (Å²) >= 11 is 0. The van der Waals surface area contributed by atoms with Crippen LogP contribution in [0.25, 0.3) is 11.4 Å². The van der Waals surface area contributed by atoms with E-state index in [0.717, 1.165) is 17.2 Å². The molecule has 28 heavy (non-hydrogen) atoms. The molecule has 0 bridgehead atoms.